The van der Waals surface area contributed by atoms with E-state index in [1.807, 2.05) is 38.4 Å². The van der Waals surface area contributed by atoms with Gasteiger partial charge in [0.15, 0.2) is 5.11 Å². The van der Waals surface area contributed by atoms with E-state index >= 15 is 0 Å². The van der Waals surface area contributed by atoms with Crippen LogP contribution in [0.4, 0.5) is 0 Å². The van der Waals surface area contributed by atoms with Crippen LogP contribution < -0.4 is 10.6 Å². The lowest BCUT2D eigenvalue weighted by molar-refractivity contribution is 0.412. The summed E-state index contributed by atoms with van der Waals surface area (Å²) in [5.74, 6) is 0. The van der Waals surface area contributed by atoms with E-state index in [1.54, 1.807) is 0 Å². The summed E-state index contributed by atoms with van der Waals surface area (Å²) in [7, 11) is 4.07. The molecule has 1 aromatic carbocycles. The molecule has 0 radical (unpaired) electrons. The molecule has 0 bridgehead atoms. The smallest absolute Gasteiger partial charge is 0.166 e. The molecule has 0 aliphatic heterocycles. The number of thiocarbonyl (C=S) groups is 1. The van der Waals surface area contributed by atoms with Gasteiger partial charge in [0.25, 0.3) is 0 Å². The van der Waals surface area contributed by atoms with Gasteiger partial charge in [0.2, 0.25) is 0 Å². The first-order chi connectivity index (χ1) is 8.49. The molecule has 0 aromatic heterocycles. The van der Waals surface area contributed by atoms with Crippen molar-refractivity contribution in [2.24, 2.45) is 0 Å². The Morgan fingerprint density at radius 2 is 1.94 bits per heavy atom. The normalized spacial score (nSPS) is 12.3. The highest BCUT2D eigenvalue weighted by Crippen LogP contribution is 2.15. The highest BCUT2D eigenvalue weighted by atomic mass is 35.5. The lowest BCUT2D eigenvalue weighted by Crippen LogP contribution is -2.39. The molecule has 0 aliphatic carbocycles. The van der Waals surface area contributed by atoms with E-state index in [4.69, 9.17) is 23.8 Å². The fourth-order valence-corrected chi connectivity index (χ4v) is 1.88. The summed E-state index contributed by atoms with van der Waals surface area (Å²) in [6, 6.07) is 7.95. The fraction of sp³-hybridized carbons (Fsp3) is 0.462. The Hall–Kier alpha value is -0.840. The van der Waals surface area contributed by atoms with Crippen LogP contribution in [0.5, 0.6) is 0 Å². The highest BCUT2D eigenvalue weighted by Gasteiger charge is 2.06. The van der Waals surface area contributed by atoms with Crippen molar-refractivity contribution in [3.8, 4) is 0 Å². The van der Waals surface area contributed by atoms with Gasteiger partial charge in [-0.15, -0.1) is 0 Å². The van der Waals surface area contributed by atoms with Gasteiger partial charge in [-0.1, -0.05) is 23.7 Å². The van der Waals surface area contributed by atoms with E-state index in [-0.39, 0.29) is 6.04 Å². The molecule has 0 spiro atoms. The van der Waals surface area contributed by atoms with Gasteiger partial charge >= 0.3 is 0 Å². The maximum absolute atomic E-state index is 5.86. The van der Waals surface area contributed by atoms with Crippen LogP contribution in [0, 0.1) is 0 Å². The molecular formula is C13H20ClN3S. The molecule has 0 heterocycles. The van der Waals surface area contributed by atoms with E-state index in [2.05, 4.69) is 22.5 Å². The first-order valence-corrected chi connectivity index (χ1v) is 6.72. The molecule has 0 saturated heterocycles. The van der Waals surface area contributed by atoms with Crippen LogP contribution in [0.1, 0.15) is 18.5 Å². The molecule has 18 heavy (non-hydrogen) atoms. The van der Waals surface area contributed by atoms with Crippen LogP contribution in [0.2, 0.25) is 5.02 Å². The molecule has 0 saturated carbocycles. The number of nitrogens with zero attached hydrogens (tertiary/aromatic N) is 1. The van der Waals surface area contributed by atoms with Crippen molar-refractivity contribution in [3.05, 3.63) is 34.9 Å². The molecule has 1 rings (SSSR count). The Bertz CT molecular complexity index is 378. The van der Waals surface area contributed by atoms with Crippen LogP contribution in [0.25, 0.3) is 0 Å². The first kappa shape index (κ1) is 15.2. The van der Waals surface area contributed by atoms with Crippen LogP contribution >= 0.6 is 23.8 Å². The highest BCUT2D eigenvalue weighted by molar-refractivity contribution is 7.80. The monoisotopic (exact) mass is 285 g/mol. The van der Waals surface area contributed by atoms with E-state index in [9.17, 15) is 0 Å². The standard InChI is InChI=1S/C13H20ClN3S/c1-10(11-4-6-12(14)7-5-11)16-13(18)15-8-9-17(2)3/h4-7,10H,8-9H2,1-3H3,(H2,15,16,18). The fourth-order valence-electron chi connectivity index (χ4n) is 1.48. The van der Waals surface area contributed by atoms with Crippen molar-refractivity contribution in [2.75, 3.05) is 27.2 Å². The summed E-state index contributed by atoms with van der Waals surface area (Å²) in [4.78, 5) is 2.11. The molecule has 3 nitrogen and oxygen atoms in total. The molecule has 5 heteroatoms. The van der Waals surface area contributed by atoms with Crippen LogP contribution in [0.15, 0.2) is 24.3 Å². The van der Waals surface area contributed by atoms with Crippen molar-refractivity contribution in [3.63, 3.8) is 0 Å². The second-order valence-corrected chi connectivity index (χ2v) is 5.32. The van der Waals surface area contributed by atoms with Gasteiger partial charge in [0.1, 0.15) is 0 Å². The zero-order valence-corrected chi connectivity index (χ0v) is 12.6. The maximum Gasteiger partial charge on any atom is 0.166 e. The molecule has 1 unspecified atom stereocenters. The van der Waals surface area contributed by atoms with Gasteiger partial charge in [-0.2, -0.15) is 0 Å². The van der Waals surface area contributed by atoms with Crippen molar-refractivity contribution >= 4 is 28.9 Å². The number of halogens is 1. The second kappa shape index (κ2) is 7.56. The Kier molecular flexibility index (Phi) is 6.39. The van der Waals surface area contributed by atoms with Gasteiger partial charge in [0.05, 0.1) is 6.04 Å². The summed E-state index contributed by atoms with van der Waals surface area (Å²) in [6.07, 6.45) is 0. The topological polar surface area (TPSA) is 27.3 Å². The molecule has 0 aliphatic rings. The minimum Gasteiger partial charge on any atom is -0.361 e. The third-order valence-electron chi connectivity index (χ3n) is 2.56. The second-order valence-electron chi connectivity index (χ2n) is 4.48. The van der Waals surface area contributed by atoms with Gasteiger partial charge in [-0.25, -0.2) is 0 Å². The summed E-state index contributed by atoms with van der Waals surface area (Å²) in [6.45, 7) is 3.87. The first-order valence-electron chi connectivity index (χ1n) is 5.93. The largest absolute Gasteiger partial charge is 0.361 e. The van der Waals surface area contributed by atoms with Gasteiger partial charge < -0.3 is 15.5 Å². The quantitative estimate of drug-likeness (QED) is 0.813. The molecule has 100 valence electrons. The predicted molar refractivity (Wildman–Crippen MR) is 82.2 cm³/mol. The van der Waals surface area contributed by atoms with E-state index in [0.717, 1.165) is 23.7 Å². The third kappa shape index (κ3) is 5.67. The Labute approximate surface area is 120 Å². The van der Waals surface area contributed by atoms with Crippen molar-refractivity contribution in [1.29, 1.82) is 0 Å². The number of hydrogen-bond donors (Lipinski definition) is 2. The summed E-state index contributed by atoms with van der Waals surface area (Å²) < 4.78 is 0. The third-order valence-corrected chi connectivity index (χ3v) is 3.08. The van der Waals surface area contributed by atoms with Crippen LogP contribution in [-0.4, -0.2) is 37.2 Å². The summed E-state index contributed by atoms with van der Waals surface area (Å²) in [5.41, 5.74) is 1.16. The van der Waals surface area contributed by atoms with Gasteiger partial charge in [-0.3, -0.25) is 0 Å². The summed E-state index contributed by atoms with van der Waals surface area (Å²) >= 11 is 11.1. The van der Waals surface area contributed by atoms with Crippen molar-refractivity contribution in [2.45, 2.75) is 13.0 Å². The van der Waals surface area contributed by atoms with Crippen molar-refractivity contribution in [1.82, 2.24) is 15.5 Å². The van der Waals surface area contributed by atoms with E-state index < -0.39 is 0 Å². The number of hydrogen-bond acceptors (Lipinski definition) is 2. The Morgan fingerprint density at radius 1 is 1.33 bits per heavy atom. The van der Waals surface area contributed by atoms with E-state index in [1.165, 1.54) is 0 Å². The zero-order valence-electron chi connectivity index (χ0n) is 11.0. The summed E-state index contributed by atoms with van der Waals surface area (Å²) in [5, 5.41) is 7.85. The van der Waals surface area contributed by atoms with Crippen LogP contribution in [0.3, 0.4) is 0 Å². The maximum atomic E-state index is 5.86. The Morgan fingerprint density at radius 3 is 2.50 bits per heavy atom. The predicted octanol–water partition coefficient (Wildman–Crippen LogP) is 2.43. The Balaban J connectivity index is 2.37. The molecule has 1 atom stereocenters. The van der Waals surface area contributed by atoms with Gasteiger partial charge in [0, 0.05) is 18.1 Å². The molecule has 0 amide bonds. The van der Waals surface area contributed by atoms with Gasteiger partial charge in [-0.05, 0) is 50.9 Å². The number of rotatable bonds is 5. The lowest BCUT2D eigenvalue weighted by atomic mass is 10.1. The molecule has 2 N–H and O–H groups in total. The van der Waals surface area contributed by atoms with Crippen LogP contribution in [-0.2, 0) is 0 Å². The van der Waals surface area contributed by atoms with E-state index in [0.29, 0.717) is 5.11 Å². The molecular weight excluding hydrogens is 266 g/mol. The van der Waals surface area contributed by atoms with Crippen molar-refractivity contribution < 1.29 is 0 Å². The lowest BCUT2D eigenvalue weighted by Gasteiger charge is -2.18. The molecule has 0 fully saturated rings. The number of benzene rings is 1. The molecule has 1 aromatic rings. The SMILES string of the molecule is CC(NC(=S)NCCN(C)C)c1ccc(Cl)cc1. The number of nitrogens with one attached hydrogen (secondary N) is 2. The minimum atomic E-state index is 0.168. The minimum absolute atomic E-state index is 0.168. The average molecular weight is 286 g/mol. The zero-order chi connectivity index (χ0) is 13.5. The average Bonchev–Trinajstić information content (AvgIpc) is 2.29. The number of likely N-dealkylation sites (N-methyl/N-ethyl adjacent to an activating group) is 1.